The number of benzene rings is 2. The highest BCUT2D eigenvalue weighted by Crippen LogP contribution is 2.46. The Bertz CT molecular complexity index is 1690. The summed E-state index contributed by atoms with van der Waals surface area (Å²) in [5.41, 5.74) is -0.645. The summed E-state index contributed by atoms with van der Waals surface area (Å²) in [4.78, 5) is 50.8. The second-order valence-electron chi connectivity index (χ2n) is 15.5. The van der Waals surface area contributed by atoms with Crippen LogP contribution in [0.5, 0.6) is 5.75 Å². The first-order valence-electron chi connectivity index (χ1n) is 17.7. The molecule has 8 N–H and O–H groups in total. The van der Waals surface area contributed by atoms with Gasteiger partial charge in [0.1, 0.15) is 29.7 Å². The molecule has 0 aromatic heterocycles. The highest BCUT2D eigenvalue weighted by atomic mass is 16.8. The molecule has 2 aromatic rings. The number of amides is 3. The highest BCUT2D eigenvalue weighted by molar-refractivity contribution is 5.95. The molecular formula is C38H53N3O13. The van der Waals surface area contributed by atoms with Gasteiger partial charge in [-0.05, 0) is 82.9 Å². The van der Waals surface area contributed by atoms with Crippen LogP contribution < -0.4 is 16.0 Å². The number of carbonyl (C=O) groups excluding carboxylic acids is 3. The van der Waals surface area contributed by atoms with Gasteiger partial charge in [0, 0.05) is 38.4 Å². The number of ether oxygens (including phenoxy) is 4. The van der Waals surface area contributed by atoms with E-state index >= 15 is 0 Å². The number of aliphatic hydroxyl groups excluding tert-OH is 3. The normalized spacial score (nSPS) is 26.3. The molecule has 8 atom stereocenters. The van der Waals surface area contributed by atoms with E-state index in [1.165, 1.54) is 19.1 Å². The van der Waals surface area contributed by atoms with Crippen molar-refractivity contribution in [2.75, 3.05) is 6.54 Å². The third-order valence-electron chi connectivity index (χ3n) is 9.28. The Morgan fingerprint density at radius 1 is 1.00 bits per heavy atom. The van der Waals surface area contributed by atoms with E-state index in [1.54, 1.807) is 72.7 Å². The van der Waals surface area contributed by atoms with Gasteiger partial charge in [-0.2, -0.15) is 0 Å². The molecule has 1 unspecified atom stereocenters. The minimum absolute atomic E-state index is 0.0322. The number of aromatic hydroxyl groups is 1. The van der Waals surface area contributed by atoms with Crippen molar-refractivity contribution < 1.29 is 63.7 Å². The summed E-state index contributed by atoms with van der Waals surface area (Å²) >= 11 is 0. The highest BCUT2D eigenvalue weighted by Gasteiger charge is 2.58. The van der Waals surface area contributed by atoms with E-state index in [2.05, 4.69) is 16.0 Å². The van der Waals surface area contributed by atoms with Crippen molar-refractivity contribution in [1.29, 1.82) is 0 Å². The summed E-state index contributed by atoms with van der Waals surface area (Å²) in [6.45, 7) is 12.4. The van der Waals surface area contributed by atoms with Crippen LogP contribution in [0.15, 0.2) is 36.4 Å². The number of hydrogen-bond acceptors (Lipinski definition) is 12. The van der Waals surface area contributed by atoms with Crippen LogP contribution >= 0.6 is 0 Å². The number of rotatable bonds is 12. The van der Waals surface area contributed by atoms with E-state index in [9.17, 15) is 44.7 Å². The number of aliphatic carboxylic acids is 1. The number of carboxylic acids is 1. The summed E-state index contributed by atoms with van der Waals surface area (Å²) in [6.07, 6.45) is -10.4. The van der Waals surface area contributed by atoms with Gasteiger partial charge >= 0.3 is 12.1 Å². The average Bonchev–Trinajstić information content (AvgIpc) is 3.37. The molecule has 3 amide bonds. The summed E-state index contributed by atoms with van der Waals surface area (Å²) in [7, 11) is 0. The number of aliphatic hydroxyl groups is 3. The lowest BCUT2D eigenvalue weighted by Crippen LogP contribution is -2.68. The van der Waals surface area contributed by atoms with Gasteiger partial charge in [-0.15, -0.1) is 0 Å². The molecule has 0 aliphatic carbocycles. The number of phenolic OH excluding ortho intramolecular Hbond substituents is 1. The van der Waals surface area contributed by atoms with Crippen LogP contribution in [-0.4, -0.2) is 110 Å². The third kappa shape index (κ3) is 10.2. The predicted octanol–water partition coefficient (Wildman–Crippen LogP) is 2.25. The number of hydrogen-bond donors (Lipinski definition) is 8. The lowest BCUT2D eigenvalue weighted by molar-refractivity contribution is -0.236. The van der Waals surface area contributed by atoms with Crippen LogP contribution in [0.25, 0.3) is 0 Å². The first-order valence-corrected chi connectivity index (χ1v) is 17.7. The maximum Gasteiger partial charge on any atom is 0.407 e. The number of alkyl carbamates (subject to hydrolysis) is 1. The van der Waals surface area contributed by atoms with Crippen LogP contribution in [-0.2, 0) is 35.1 Å². The molecule has 2 aliphatic heterocycles. The number of carbonyl (C=O) groups is 4. The molecule has 2 aliphatic rings. The van der Waals surface area contributed by atoms with Crippen molar-refractivity contribution in [3.8, 4) is 5.75 Å². The smallest absolute Gasteiger partial charge is 0.407 e. The Balaban J connectivity index is 1.60. The largest absolute Gasteiger partial charge is 0.507 e. The number of nitrogens with one attached hydrogen (secondary N) is 3. The molecular weight excluding hydrogens is 706 g/mol. The Labute approximate surface area is 314 Å². The van der Waals surface area contributed by atoms with Gasteiger partial charge in [-0.3, -0.25) is 9.59 Å². The fraction of sp³-hybridized carbons (Fsp3) is 0.579. The number of phenols is 1. The van der Waals surface area contributed by atoms with Crippen molar-refractivity contribution in [3.05, 3.63) is 64.2 Å². The third-order valence-corrected chi connectivity index (χ3v) is 9.28. The van der Waals surface area contributed by atoms with Gasteiger partial charge in [-0.25, -0.2) is 9.59 Å². The average molecular weight is 760 g/mol. The van der Waals surface area contributed by atoms with E-state index in [0.29, 0.717) is 22.3 Å². The zero-order valence-corrected chi connectivity index (χ0v) is 31.8. The second-order valence-corrected chi connectivity index (χ2v) is 15.5. The Hall–Kier alpha value is -4.32. The van der Waals surface area contributed by atoms with Crippen LogP contribution in [0, 0.1) is 13.8 Å². The fourth-order valence-corrected chi connectivity index (χ4v) is 6.87. The van der Waals surface area contributed by atoms with E-state index in [0.717, 1.165) is 0 Å². The van der Waals surface area contributed by atoms with Crippen LogP contribution in [0.4, 0.5) is 4.79 Å². The second kappa shape index (κ2) is 16.6. The standard InChI is InChI=1S/C38H53N3O13/c1-19-13-23(14-20(2)29(19)45)33(47)39-18-26(44)30(46)32-28(41-21(3)42)25(43)15-38(53-32,34(48)49)16-27-31(52-37(7,8)51-27)24-12-10-9-11-22(24)17-40-35(50)54-36(4,5)6/h9-14,25-28,30-32,43-46H,15-18H2,1-8H3,(H,39,47)(H,40,50)(H,41,42)(H,48,49)/t25-,26+,27?,28+,30+,31-,32+,38-/m0/s1. The van der Waals surface area contributed by atoms with Crippen molar-refractivity contribution >= 4 is 23.9 Å². The van der Waals surface area contributed by atoms with Crippen molar-refractivity contribution in [2.24, 2.45) is 0 Å². The molecule has 2 heterocycles. The lowest BCUT2D eigenvalue weighted by Gasteiger charge is -2.48. The molecule has 0 bridgehead atoms. The Kier molecular flexibility index (Phi) is 13.0. The minimum atomic E-state index is -2.24. The fourth-order valence-electron chi connectivity index (χ4n) is 6.87. The van der Waals surface area contributed by atoms with Gasteiger partial charge in [0.25, 0.3) is 5.91 Å². The summed E-state index contributed by atoms with van der Waals surface area (Å²) in [5, 5.41) is 62.4. The molecule has 298 valence electrons. The van der Waals surface area contributed by atoms with Crippen molar-refractivity contribution in [3.63, 3.8) is 0 Å². The van der Waals surface area contributed by atoms with Gasteiger partial charge < -0.3 is 60.4 Å². The van der Waals surface area contributed by atoms with E-state index < -0.39 is 103 Å². The first-order chi connectivity index (χ1) is 25.0. The first kappa shape index (κ1) is 42.4. The Morgan fingerprint density at radius 3 is 2.22 bits per heavy atom. The minimum Gasteiger partial charge on any atom is -0.507 e. The van der Waals surface area contributed by atoms with Crippen LogP contribution in [0.1, 0.15) is 93.1 Å². The zero-order chi connectivity index (χ0) is 40.3. The van der Waals surface area contributed by atoms with Crippen molar-refractivity contribution in [1.82, 2.24) is 16.0 Å². The molecule has 2 fully saturated rings. The van der Waals surface area contributed by atoms with Gasteiger partial charge in [0.05, 0.1) is 24.4 Å². The predicted molar refractivity (Wildman–Crippen MR) is 192 cm³/mol. The van der Waals surface area contributed by atoms with Crippen molar-refractivity contribution in [2.45, 2.75) is 134 Å². The van der Waals surface area contributed by atoms with Crippen LogP contribution in [0.3, 0.4) is 0 Å². The molecule has 2 saturated heterocycles. The van der Waals surface area contributed by atoms with Gasteiger partial charge in [0.15, 0.2) is 11.4 Å². The lowest BCUT2D eigenvalue weighted by atomic mass is 9.79. The van der Waals surface area contributed by atoms with Gasteiger partial charge in [0.2, 0.25) is 5.91 Å². The monoisotopic (exact) mass is 759 g/mol. The summed E-state index contributed by atoms with van der Waals surface area (Å²) < 4.78 is 24.1. The van der Waals surface area contributed by atoms with E-state index in [-0.39, 0.29) is 17.9 Å². The molecule has 0 saturated carbocycles. The summed E-state index contributed by atoms with van der Waals surface area (Å²) in [5.74, 6) is -3.93. The topological polar surface area (TPSA) is 242 Å². The number of aryl methyl sites for hydroxylation is 2. The quantitative estimate of drug-likeness (QED) is 0.155. The Morgan fingerprint density at radius 2 is 1.63 bits per heavy atom. The van der Waals surface area contributed by atoms with Gasteiger partial charge in [-0.1, -0.05) is 24.3 Å². The SMILES string of the molecule is CC(=O)N[C@H]1[C@H]([C@H](O)[C@H](O)CNC(=O)c2cc(C)c(O)c(C)c2)O[C@@](CC2OC(C)(C)O[C@H]2c2ccccc2CNC(=O)OC(C)(C)C)(C(=O)O)C[C@@H]1O. The molecule has 0 radical (unpaired) electrons. The molecule has 4 rings (SSSR count). The van der Waals surface area contributed by atoms with E-state index in [4.69, 9.17) is 18.9 Å². The molecule has 0 spiro atoms. The van der Waals surface area contributed by atoms with Crippen LogP contribution in [0.2, 0.25) is 0 Å². The molecule has 54 heavy (non-hydrogen) atoms. The molecule has 16 heteroatoms. The molecule has 2 aromatic carbocycles. The number of carboxylic acid groups (broad SMARTS) is 1. The summed E-state index contributed by atoms with van der Waals surface area (Å²) in [6, 6.07) is 8.58. The maximum absolute atomic E-state index is 13.2. The molecule has 16 nitrogen and oxygen atoms in total. The zero-order valence-electron chi connectivity index (χ0n) is 31.8. The maximum atomic E-state index is 13.2. The van der Waals surface area contributed by atoms with E-state index in [1.807, 2.05) is 0 Å².